The second kappa shape index (κ2) is 7.87. The number of anilines is 1. The predicted octanol–water partition coefficient (Wildman–Crippen LogP) is 3.35. The van der Waals surface area contributed by atoms with Crippen LogP contribution in [0.1, 0.15) is 33.8 Å². The Bertz CT molecular complexity index is 1060. The van der Waals surface area contributed by atoms with Crippen LogP contribution < -0.4 is 4.90 Å². The van der Waals surface area contributed by atoms with Gasteiger partial charge >= 0.3 is 5.97 Å². The molecule has 1 amide bonds. The lowest BCUT2D eigenvalue weighted by molar-refractivity contribution is -0.118. The van der Waals surface area contributed by atoms with E-state index in [0.29, 0.717) is 36.7 Å². The van der Waals surface area contributed by atoms with Crippen molar-refractivity contribution < 1.29 is 18.7 Å². The molecule has 0 unspecified atom stereocenters. The van der Waals surface area contributed by atoms with Crippen LogP contribution in [0.3, 0.4) is 0 Å². The van der Waals surface area contributed by atoms with Gasteiger partial charge in [0.2, 0.25) is 17.7 Å². The molecule has 0 atom stereocenters. The summed E-state index contributed by atoms with van der Waals surface area (Å²) < 4.78 is 10.5. The van der Waals surface area contributed by atoms with Crippen LogP contribution in [0.25, 0.3) is 11.5 Å². The van der Waals surface area contributed by atoms with E-state index in [1.807, 2.05) is 31.2 Å². The third kappa shape index (κ3) is 3.89. The highest BCUT2D eigenvalue weighted by Gasteiger charge is 2.26. The number of fused-ring (bicyclic) bond motifs is 1. The SMILES string of the molecule is COC(=O)c1ccc2c(c1)CCN2C(=O)CCc1nnc(-c2ccc(C)cc2)o1. The van der Waals surface area contributed by atoms with Crippen molar-refractivity contribution in [3.63, 3.8) is 0 Å². The lowest BCUT2D eigenvalue weighted by Crippen LogP contribution is -2.29. The van der Waals surface area contributed by atoms with Gasteiger partial charge in [-0.2, -0.15) is 0 Å². The second-order valence-electron chi connectivity index (χ2n) is 7.00. The largest absolute Gasteiger partial charge is 0.465 e. The van der Waals surface area contributed by atoms with Crippen molar-refractivity contribution in [1.29, 1.82) is 0 Å². The highest BCUT2D eigenvalue weighted by Crippen LogP contribution is 2.30. The van der Waals surface area contributed by atoms with E-state index in [1.165, 1.54) is 7.11 Å². The van der Waals surface area contributed by atoms with Gasteiger partial charge in [-0.25, -0.2) is 4.79 Å². The molecule has 0 saturated carbocycles. The third-order valence-corrected chi connectivity index (χ3v) is 5.02. The van der Waals surface area contributed by atoms with E-state index in [0.717, 1.165) is 22.4 Å². The minimum Gasteiger partial charge on any atom is -0.465 e. The zero-order valence-corrected chi connectivity index (χ0v) is 16.3. The van der Waals surface area contributed by atoms with Gasteiger partial charge in [0.25, 0.3) is 0 Å². The Labute approximate surface area is 168 Å². The summed E-state index contributed by atoms with van der Waals surface area (Å²) in [6, 6.07) is 13.1. The standard InChI is InChI=1S/C22H21N3O4/c1-14-3-5-15(6-4-14)21-24-23-19(29-21)9-10-20(26)25-12-11-16-13-17(22(27)28-2)7-8-18(16)25/h3-8,13H,9-12H2,1-2H3. The van der Waals surface area contributed by atoms with Gasteiger partial charge in [0.15, 0.2) is 0 Å². The van der Waals surface area contributed by atoms with Crippen LogP contribution in [0.5, 0.6) is 0 Å². The molecule has 1 aliphatic heterocycles. The lowest BCUT2D eigenvalue weighted by atomic mass is 10.1. The number of methoxy groups -OCH3 is 1. The number of carbonyl (C=O) groups is 2. The summed E-state index contributed by atoms with van der Waals surface area (Å²) in [5.41, 5.74) is 4.32. The summed E-state index contributed by atoms with van der Waals surface area (Å²) in [7, 11) is 1.35. The third-order valence-electron chi connectivity index (χ3n) is 5.02. The average Bonchev–Trinajstić information content (AvgIpc) is 3.38. The van der Waals surface area contributed by atoms with Gasteiger partial charge in [-0.3, -0.25) is 4.79 Å². The molecule has 2 heterocycles. The minimum atomic E-state index is -0.377. The van der Waals surface area contributed by atoms with E-state index in [9.17, 15) is 9.59 Å². The van der Waals surface area contributed by atoms with Crippen LogP contribution >= 0.6 is 0 Å². The molecule has 7 heteroatoms. The molecule has 0 bridgehead atoms. The molecule has 0 aliphatic carbocycles. The van der Waals surface area contributed by atoms with Crippen molar-refractivity contribution in [3.05, 3.63) is 65.0 Å². The summed E-state index contributed by atoms with van der Waals surface area (Å²) in [6.07, 6.45) is 1.36. The van der Waals surface area contributed by atoms with Crippen LogP contribution in [-0.2, 0) is 22.4 Å². The van der Waals surface area contributed by atoms with Crippen molar-refractivity contribution in [1.82, 2.24) is 10.2 Å². The Morgan fingerprint density at radius 3 is 2.69 bits per heavy atom. The van der Waals surface area contributed by atoms with Gasteiger partial charge in [-0.1, -0.05) is 17.7 Å². The molecule has 1 aromatic heterocycles. The molecule has 29 heavy (non-hydrogen) atoms. The number of esters is 1. The Morgan fingerprint density at radius 1 is 1.14 bits per heavy atom. The van der Waals surface area contributed by atoms with E-state index in [4.69, 9.17) is 9.15 Å². The fourth-order valence-electron chi connectivity index (χ4n) is 3.42. The van der Waals surface area contributed by atoms with Crippen molar-refractivity contribution in [2.45, 2.75) is 26.2 Å². The van der Waals surface area contributed by atoms with E-state index < -0.39 is 0 Å². The molecular weight excluding hydrogens is 370 g/mol. The zero-order valence-electron chi connectivity index (χ0n) is 16.3. The maximum absolute atomic E-state index is 12.7. The van der Waals surface area contributed by atoms with E-state index >= 15 is 0 Å². The molecule has 0 N–H and O–H groups in total. The first-order chi connectivity index (χ1) is 14.0. The second-order valence-corrected chi connectivity index (χ2v) is 7.00. The number of carbonyl (C=O) groups excluding carboxylic acids is 2. The number of aromatic nitrogens is 2. The van der Waals surface area contributed by atoms with Gasteiger partial charge in [0.1, 0.15) is 0 Å². The van der Waals surface area contributed by atoms with Gasteiger partial charge in [0, 0.05) is 30.6 Å². The summed E-state index contributed by atoms with van der Waals surface area (Å²) in [5.74, 6) is 0.506. The van der Waals surface area contributed by atoms with E-state index in [1.54, 1.807) is 23.1 Å². The van der Waals surface area contributed by atoms with E-state index in [2.05, 4.69) is 10.2 Å². The van der Waals surface area contributed by atoms with Crippen LogP contribution in [0.4, 0.5) is 5.69 Å². The number of nitrogens with zero attached hydrogens (tertiary/aromatic N) is 3. The average molecular weight is 391 g/mol. The number of benzene rings is 2. The molecular formula is C22H21N3O4. The Balaban J connectivity index is 1.40. The smallest absolute Gasteiger partial charge is 0.337 e. The number of aryl methyl sites for hydroxylation is 2. The van der Waals surface area contributed by atoms with Gasteiger partial charge < -0.3 is 14.1 Å². The molecule has 148 valence electrons. The molecule has 2 aromatic carbocycles. The van der Waals surface area contributed by atoms with Gasteiger partial charge in [0.05, 0.1) is 12.7 Å². The monoisotopic (exact) mass is 391 g/mol. The minimum absolute atomic E-state index is 0.00958. The number of hydrogen-bond donors (Lipinski definition) is 0. The van der Waals surface area contributed by atoms with Crippen molar-refractivity contribution >= 4 is 17.6 Å². The molecule has 0 fully saturated rings. The lowest BCUT2D eigenvalue weighted by Gasteiger charge is -2.17. The molecule has 0 radical (unpaired) electrons. The molecule has 0 spiro atoms. The van der Waals surface area contributed by atoms with Gasteiger partial charge in [-0.05, 0) is 49.2 Å². The number of hydrogen-bond acceptors (Lipinski definition) is 6. The van der Waals surface area contributed by atoms with Crippen molar-refractivity contribution in [2.75, 3.05) is 18.6 Å². The molecule has 7 nitrogen and oxygen atoms in total. The fraction of sp³-hybridized carbons (Fsp3) is 0.273. The zero-order chi connectivity index (χ0) is 20.4. The van der Waals surface area contributed by atoms with Crippen molar-refractivity contribution in [3.8, 4) is 11.5 Å². The molecule has 3 aromatic rings. The highest BCUT2D eigenvalue weighted by atomic mass is 16.5. The van der Waals surface area contributed by atoms with Crippen molar-refractivity contribution in [2.24, 2.45) is 0 Å². The summed E-state index contributed by atoms with van der Waals surface area (Å²) in [6.45, 7) is 2.61. The first kappa shape index (κ1) is 18.9. The first-order valence-electron chi connectivity index (χ1n) is 9.46. The van der Waals surface area contributed by atoms with Gasteiger partial charge in [-0.15, -0.1) is 10.2 Å². The Morgan fingerprint density at radius 2 is 1.93 bits per heavy atom. The Kier molecular flexibility index (Phi) is 5.12. The van der Waals surface area contributed by atoms with E-state index in [-0.39, 0.29) is 18.3 Å². The fourth-order valence-corrected chi connectivity index (χ4v) is 3.42. The Hall–Kier alpha value is -3.48. The molecule has 0 saturated heterocycles. The molecule has 4 rings (SSSR count). The normalized spacial score (nSPS) is 12.7. The summed E-state index contributed by atoms with van der Waals surface area (Å²) in [5, 5.41) is 8.14. The first-order valence-corrected chi connectivity index (χ1v) is 9.46. The predicted molar refractivity (Wildman–Crippen MR) is 107 cm³/mol. The topological polar surface area (TPSA) is 85.5 Å². The highest BCUT2D eigenvalue weighted by molar-refractivity contribution is 5.97. The van der Waals surface area contributed by atoms with Crippen LogP contribution in [0.2, 0.25) is 0 Å². The van der Waals surface area contributed by atoms with Crippen LogP contribution in [0, 0.1) is 6.92 Å². The van der Waals surface area contributed by atoms with Crippen LogP contribution in [-0.4, -0.2) is 35.7 Å². The maximum atomic E-state index is 12.7. The number of rotatable bonds is 5. The van der Waals surface area contributed by atoms with Crippen LogP contribution in [0.15, 0.2) is 46.9 Å². The summed E-state index contributed by atoms with van der Waals surface area (Å²) >= 11 is 0. The number of amides is 1. The molecule has 1 aliphatic rings. The summed E-state index contributed by atoms with van der Waals surface area (Å²) in [4.78, 5) is 26.1. The number of ether oxygens (including phenoxy) is 1. The maximum Gasteiger partial charge on any atom is 0.337 e. The quantitative estimate of drug-likeness (QED) is 0.620.